The fraction of sp³-hybridized carbons (Fsp3) is 0.118. The molecule has 1 aromatic carbocycles. The monoisotopic (exact) mass is 325 g/mol. The lowest BCUT2D eigenvalue weighted by Crippen LogP contribution is -2.05. The van der Waals surface area contributed by atoms with Gasteiger partial charge in [0.15, 0.2) is 0 Å². The number of nitrogens with zero attached hydrogens (tertiary/aromatic N) is 3. The second kappa shape index (κ2) is 7.56. The van der Waals surface area contributed by atoms with E-state index in [1.807, 2.05) is 48.7 Å². The Labute approximate surface area is 139 Å². The van der Waals surface area contributed by atoms with Crippen LogP contribution in [0.5, 0.6) is 0 Å². The summed E-state index contributed by atoms with van der Waals surface area (Å²) in [5.74, 6) is 1.50. The van der Waals surface area contributed by atoms with Gasteiger partial charge in [0, 0.05) is 36.6 Å². The van der Waals surface area contributed by atoms with Crippen molar-refractivity contribution in [2.75, 3.05) is 10.6 Å². The minimum atomic E-state index is 0.610. The highest BCUT2D eigenvalue weighted by Crippen LogP contribution is 2.17. The average molecular weight is 326 g/mol. The van der Waals surface area contributed by atoms with E-state index >= 15 is 0 Å². The number of aromatic nitrogens is 3. The van der Waals surface area contributed by atoms with E-state index in [1.54, 1.807) is 6.20 Å². The quantitative estimate of drug-likeness (QED) is 0.722. The first kappa shape index (κ1) is 15.2. The predicted octanol–water partition coefficient (Wildman–Crippen LogP) is 3.75. The summed E-state index contributed by atoms with van der Waals surface area (Å²) >= 11 is 6.15. The molecule has 0 aliphatic heterocycles. The van der Waals surface area contributed by atoms with Gasteiger partial charge in [-0.1, -0.05) is 35.9 Å². The van der Waals surface area contributed by atoms with Crippen molar-refractivity contribution in [3.05, 3.63) is 77.3 Å². The van der Waals surface area contributed by atoms with Crippen molar-refractivity contribution in [3.63, 3.8) is 0 Å². The van der Waals surface area contributed by atoms with Crippen LogP contribution in [-0.4, -0.2) is 15.0 Å². The zero-order valence-electron chi connectivity index (χ0n) is 12.4. The number of rotatable bonds is 6. The van der Waals surface area contributed by atoms with Gasteiger partial charge in [0.05, 0.1) is 0 Å². The highest BCUT2D eigenvalue weighted by molar-refractivity contribution is 6.31. The van der Waals surface area contributed by atoms with Crippen LogP contribution in [0.4, 0.5) is 11.6 Å². The molecular weight excluding hydrogens is 310 g/mol. The maximum Gasteiger partial charge on any atom is 0.131 e. The molecular formula is C17H16ClN5. The smallest absolute Gasteiger partial charge is 0.131 e. The van der Waals surface area contributed by atoms with Gasteiger partial charge in [-0.2, -0.15) is 0 Å². The summed E-state index contributed by atoms with van der Waals surface area (Å²) in [6.07, 6.45) is 5.11. The Balaban J connectivity index is 1.60. The van der Waals surface area contributed by atoms with Crippen LogP contribution in [0.1, 0.15) is 11.1 Å². The van der Waals surface area contributed by atoms with E-state index in [1.165, 1.54) is 6.33 Å². The van der Waals surface area contributed by atoms with E-state index < -0.39 is 0 Å². The van der Waals surface area contributed by atoms with Gasteiger partial charge in [-0.25, -0.2) is 9.97 Å². The van der Waals surface area contributed by atoms with Crippen LogP contribution < -0.4 is 10.6 Å². The van der Waals surface area contributed by atoms with E-state index in [4.69, 9.17) is 11.6 Å². The van der Waals surface area contributed by atoms with Gasteiger partial charge < -0.3 is 10.6 Å². The van der Waals surface area contributed by atoms with Crippen LogP contribution >= 0.6 is 11.6 Å². The summed E-state index contributed by atoms with van der Waals surface area (Å²) in [7, 11) is 0. The van der Waals surface area contributed by atoms with Crippen LogP contribution in [0.2, 0.25) is 5.02 Å². The number of halogens is 1. The normalized spacial score (nSPS) is 10.3. The molecule has 5 nitrogen and oxygen atoms in total. The van der Waals surface area contributed by atoms with Gasteiger partial charge in [0.25, 0.3) is 0 Å². The van der Waals surface area contributed by atoms with Crippen molar-refractivity contribution >= 4 is 23.2 Å². The van der Waals surface area contributed by atoms with Crippen molar-refractivity contribution in [1.29, 1.82) is 0 Å². The third kappa shape index (κ3) is 4.40. The Morgan fingerprint density at radius 3 is 2.43 bits per heavy atom. The van der Waals surface area contributed by atoms with Crippen molar-refractivity contribution in [3.8, 4) is 0 Å². The summed E-state index contributed by atoms with van der Waals surface area (Å²) < 4.78 is 0. The fourth-order valence-electron chi connectivity index (χ4n) is 2.07. The average Bonchev–Trinajstić information content (AvgIpc) is 2.61. The summed E-state index contributed by atoms with van der Waals surface area (Å²) in [6, 6.07) is 13.5. The lowest BCUT2D eigenvalue weighted by atomic mass is 10.2. The first-order valence-corrected chi connectivity index (χ1v) is 7.61. The molecule has 2 N–H and O–H groups in total. The molecule has 0 saturated heterocycles. The lowest BCUT2D eigenvalue weighted by Gasteiger charge is -2.09. The first-order chi connectivity index (χ1) is 11.3. The summed E-state index contributed by atoms with van der Waals surface area (Å²) in [5.41, 5.74) is 2.12. The van der Waals surface area contributed by atoms with Crippen LogP contribution in [0.25, 0.3) is 0 Å². The standard InChI is InChI=1S/C17H16ClN5/c18-15-6-2-1-5-14(15)11-21-17-8-16(22-12-23-17)20-10-13-4-3-7-19-9-13/h1-9,12H,10-11H2,(H2,20,21,22,23). The molecule has 0 spiro atoms. The van der Waals surface area contributed by atoms with E-state index in [2.05, 4.69) is 25.6 Å². The molecule has 2 heterocycles. The van der Waals surface area contributed by atoms with Crippen molar-refractivity contribution in [2.45, 2.75) is 13.1 Å². The molecule has 6 heteroatoms. The molecule has 0 amide bonds. The first-order valence-electron chi connectivity index (χ1n) is 7.23. The summed E-state index contributed by atoms with van der Waals surface area (Å²) in [4.78, 5) is 12.5. The lowest BCUT2D eigenvalue weighted by molar-refractivity contribution is 1.05. The Morgan fingerprint density at radius 2 is 1.70 bits per heavy atom. The van der Waals surface area contributed by atoms with Gasteiger partial charge in [0.1, 0.15) is 18.0 Å². The third-order valence-corrected chi connectivity index (χ3v) is 3.65. The molecule has 23 heavy (non-hydrogen) atoms. The van der Waals surface area contributed by atoms with Gasteiger partial charge in [-0.05, 0) is 23.3 Å². The minimum absolute atomic E-state index is 0.610. The molecule has 0 saturated carbocycles. The zero-order valence-corrected chi connectivity index (χ0v) is 13.2. The molecule has 116 valence electrons. The molecule has 0 unspecified atom stereocenters. The number of pyridine rings is 1. The maximum absolute atomic E-state index is 6.15. The Bertz CT molecular complexity index is 764. The van der Waals surface area contributed by atoms with Crippen molar-refractivity contribution < 1.29 is 0 Å². The second-order valence-electron chi connectivity index (χ2n) is 4.95. The van der Waals surface area contributed by atoms with E-state index in [9.17, 15) is 0 Å². The van der Waals surface area contributed by atoms with Crippen molar-refractivity contribution in [1.82, 2.24) is 15.0 Å². The molecule has 2 aromatic heterocycles. The Kier molecular flexibility index (Phi) is 5.01. The Hall–Kier alpha value is -2.66. The second-order valence-corrected chi connectivity index (χ2v) is 5.36. The van der Waals surface area contributed by atoms with Crippen LogP contribution in [0, 0.1) is 0 Å². The van der Waals surface area contributed by atoms with Crippen LogP contribution in [-0.2, 0) is 13.1 Å². The van der Waals surface area contributed by atoms with Crippen LogP contribution in [0.15, 0.2) is 61.2 Å². The molecule has 0 aliphatic rings. The largest absolute Gasteiger partial charge is 0.366 e. The molecule has 3 rings (SSSR count). The number of nitrogens with one attached hydrogen (secondary N) is 2. The third-order valence-electron chi connectivity index (χ3n) is 3.28. The van der Waals surface area contributed by atoms with Gasteiger partial charge in [0.2, 0.25) is 0 Å². The number of hydrogen-bond donors (Lipinski definition) is 2. The topological polar surface area (TPSA) is 62.7 Å². The summed E-state index contributed by atoms with van der Waals surface area (Å²) in [5, 5.41) is 7.25. The van der Waals surface area contributed by atoms with Crippen LogP contribution in [0.3, 0.4) is 0 Å². The molecule has 3 aromatic rings. The van der Waals surface area contributed by atoms with Gasteiger partial charge in [-0.3, -0.25) is 4.98 Å². The molecule has 0 bridgehead atoms. The van der Waals surface area contributed by atoms with Gasteiger partial charge >= 0.3 is 0 Å². The van der Waals surface area contributed by atoms with Crippen molar-refractivity contribution in [2.24, 2.45) is 0 Å². The highest BCUT2D eigenvalue weighted by atomic mass is 35.5. The highest BCUT2D eigenvalue weighted by Gasteiger charge is 2.02. The van der Waals surface area contributed by atoms with E-state index in [0.717, 1.165) is 27.8 Å². The number of anilines is 2. The molecule has 0 atom stereocenters. The van der Waals surface area contributed by atoms with E-state index in [0.29, 0.717) is 13.1 Å². The predicted molar refractivity (Wildman–Crippen MR) is 92.4 cm³/mol. The fourth-order valence-corrected chi connectivity index (χ4v) is 2.28. The molecule has 0 aliphatic carbocycles. The summed E-state index contributed by atoms with van der Waals surface area (Å²) in [6.45, 7) is 1.27. The maximum atomic E-state index is 6.15. The molecule has 0 radical (unpaired) electrons. The van der Waals surface area contributed by atoms with Gasteiger partial charge in [-0.15, -0.1) is 0 Å². The van der Waals surface area contributed by atoms with E-state index in [-0.39, 0.29) is 0 Å². The number of benzene rings is 1. The Morgan fingerprint density at radius 1 is 0.913 bits per heavy atom. The SMILES string of the molecule is Clc1ccccc1CNc1cc(NCc2cccnc2)ncn1. The molecule has 0 fully saturated rings. The zero-order chi connectivity index (χ0) is 15.9. The number of hydrogen-bond acceptors (Lipinski definition) is 5. The minimum Gasteiger partial charge on any atom is -0.366 e.